The Hall–Kier alpha value is -3.66. The van der Waals surface area contributed by atoms with Gasteiger partial charge in [-0.15, -0.1) is 0 Å². The largest absolute Gasteiger partial charge is 0.490 e. The van der Waals surface area contributed by atoms with Crippen molar-refractivity contribution in [3.05, 3.63) is 66.2 Å². The van der Waals surface area contributed by atoms with E-state index in [2.05, 4.69) is 15.1 Å². The first-order chi connectivity index (χ1) is 14.2. The molecule has 10 heteroatoms. The van der Waals surface area contributed by atoms with E-state index in [9.17, 15) is 18.3 Å². The van der Waals surface area contributed by atoms with Crippen LogP contribution in [0.4, 0.5) is 13.2 Å². The van der Waals surface area contributed by atoms with Crippen molar-refractivity contribution in [2.24, 2.45) is 0 Å². The Bertz CT molecular complexity index is 1180. The number of carbonyl (C=O) groups is 1. The molecule has 0 atom stereocenters. The molecule has 0 bridgehead atoms. The third-order valence-electron chi connectivity index (χ3n) is 4.29. The number of aliphatic hydroxyl groups excluding tert-OH is 1. The average molecular weight is 418 g/mol. The van der Waals surface area contributed by atoms with Crippen LogP contribution in [0, 0.1) is 6.92 Å². The molecule has 4 rings (SSSR count). The highest BCUT2D eigenvalue weighted by Crippen LogP contribution is 2.27. The molecule has 0 unspecified atom stereocenters. The lowest BCUT2D eigenvalue weighted by Crippen LogP contribution is -2.21. The lowest BCUT2D eigenvalue weighted by atomic mass is 10.1. The van der Waals surface area contributed by atoms with Gasteiger partial charge in [-0.2, -0.15) is 18.3 Å². The maximum absolute atomic E-state index is 10.6. The zero-order chi connectivity index (χ0) is 21.9. The van der Waals surface area contributed by atoms with E-state index in [1.54, 1.807) is 6.20 Å². The van der Waals surface area contributed by atoms with Crippen molar-refractivity contribution in [2.45, 2.75) is 19.7 Å². The second-order valence-electron chi connectivity index (χ2n) is 6.35. The number of aromatic nitrogens is 4. The van der Waals surface area contributed by atoms with Crippen molar-refractivity contribution in [1.29, 1.82) is 0 Å². The number of nitrogens with zero attached hydrogens (tertiary/aromatic N) is 3. The topological polar surface area (TPSA) is 104 Å². The summed E-state index contributed by atoms with van der Waals surface area (Å²) in [7, 11) is 0. The number of alkyl halides is 3. The molecule has 3 N–H and O–H groups in total. The van der Waals surface area contributed by atoms with Gasteiger partial charge in [0, 0.05) is 29.5 Å². The second kappa shape index (κ2) is 8.37. The van der Waals surface area contributed by atoms with Gasteiger partial charge in [-0.3, -0.25) is 0 Å². The van der Waals surface area contributed by atoms with Crippen molar-refractivity contribution in [1.82, 2.24) is 19.7 Å². The fraction of sp³-hybridized carbons (Fsp3) is 0.150. The molecule has 0 fully saturated rings. The molecule has 0 aliphatic carbocycles. The Labute approximate surface area is 168 Å². The first-order valence-corrected chi connectivity index (χ1v) is 8.68. The van der Waals surface area contributed by atoms with Crippen LogP contribution in [-0.2, 0) is 11.4 Å². The summed E-state index contributed by atoms with van der Waals surface area (Å²) >= 11 is 0. The number of halogens is 3. The van der Waals surface area contributed by atoms with Crippen molar-refractivity contribution >= 4 is 17.0 Å². The van der Waals surface area contributed by atoms with Gasteiger partial charge in [0.1, 0.15) is 5.65 Å². The third kappa shape index (κ3) is 4.49. The highest BCUT2D eigenvalue weighted by atomic mass is 19.4. The van der Waals surface area contributed by atoms with Gasteiger partial charge in [-0.05, 0) is 41.8 Å². The normalized spacial score (nSPS) is 11.2. The number of aromatic amines is 1. The lowest BCUT2D eigenvalue weighted by molar-refractivity contribution is -0.192. The smallest absolute Gasteiger partial charge is 0.475 e. The summed E-state index contributed by atoms with van der Waals surface area (Å²) in [4.78, 5) is 16.3. The highest BCUT2D eigenvalue weighted by Gasteiger charge is 2.38. The number of fused-ring (bicyclic) bond motifs is 1. The number of hydrogen-bond donors (Lipinski definition) is 3. The predicted octanol–water partition coefficient (Wildman–Crippen LogP) is 3.85. The van der Waals surface area contributed by atoms with Crippen LogP contribution in [0.3, 0.4) is 0 Å². The standard InChI is InChI=1S/C18H16N4O.C2HF3O2/c1-12-8-13(11-23)2-3-17(12)22-10-14(9-21-22)15-4-6-19-18-16(15)5-7-20-18;3-2(4,5)1(6)7/h2-10,23H,11H2,1H3,(H,19,20);(H,6,7). The Morgan fingerprint density at radius 2 is 1.97 bits per heavy atom. The zero-order valence-corrected chi connectivity index (χ0v) is 15.7. The monoisotopic (exact) mass is 418 g/mol. The molecule has 0 aliphatic heterocycles. The summed E-state index contributed by atoms with van der Waals surface area (Å²) in [5.41, 5.74) is 6.01. The number of benzene rings is 1. The third-order valence-corrected chi connectivity index (χ3v) is 4.29. The summed E-state index contributed by atoms with van der Waals surface area (Å²) in [6.07, 6.45) is 2.49. The molecule has 30 heavy (non-hydrogen) atoms. The lowest BCUT2D eigenvalue weighted by Gasteiger charge is -2.07. The van der Waals surface area contributed by atoms with Gasteiger partial charge in [-0.1, -0.05) is 12.1 Å². The minimum atomic E-state index is -5.08. The maximum Gasteiger partial charge on any atom is 0.490 e. The van der Waals surface area contributed by atoms with Gasteiger partial charge in [0.25, 0.3) is 0 Å². The summed E-state index contributed by atoms with van der Waals surface area (Å²) < 4.78 is 33.6. The Morgan fingerprint density at radius 3 is 2.60 bits per heavy atom. The minimum Gasteiger partial charge on any atom is -0.475 e. The maximum atomic E-state index is 10.6. The fourth-order valence-electron chi connectivity index (χ4n) is 2.88. The summed E-state index contributed by atoms with van der Waals surface area (Å²) in [5.74, 6) is -2.76. The molecule has 0 saturated carbocycles. The van der Waals surface area contributed by atoms with E-state index in [0.29, 0.717) is 0 Å². The van der Waals surface area contributed by atoms with Crippen LogP contribution in [0.2, 0.25) is 0 Å². The number of H-pyrrole nitrogens is 1. The number of hydrogen-bond acceptors (Lipinski definition) is 4. The number of pyridine rings is 1. The van der Waals surface area contributed by atoms with Gasteiger partial charge >= 0.3 is 12.1 Å². The van der Waals surface area contributed by atoms with Crippen molar-refractivity contribution < 1.29 is 28.2 Å². The van der Waals surface area contributed by atoms with Crippen LogP contribution in [-0.4, -0.2) is 42.1 Å². The number of aliphatic hydroxyl groups is 1. The van der Waals surface area contributed by atoms with Gasteiger partial charge in [-0.25, -0.2) is 14.5 Å². The van der Waals surface area contributed by atoms with Crippen LogP contribution >= 0.6 is 0 Å². The number of carboxylic acid groups (broad SMARTS) is 1. The SMILES string of the molecule is Cc1cc(CO)ccc1-n1cc(-c2ccnc3[nH]ccc23)cn1.O=C(O)C(F)(F)F. The minimum absolute atomic E-state index is 0.0496. The molecular weight excluding hydrogens is 401 g/mol. The van der Waals surface area contributed by atoms with Gasteiger partial charge in [0.15, 0.2) is 0 Å². The fourth-order valence-corrected chi connectivity index (χ4v) is 2.88. The number of carboxylic acids is 1. The molecular formula is C20H17F3N4O3. The molecule has 4 aromatic rings. The molecule has 156 valence electrons. The first kappa shape index (κ1) is 21.1. The van der Waals surface area contributed by atoms with Crippen LogP contribution in [0.25, 0.3) is 27.8 Å². The van der Waals surface area contributed by atoms with Crippen LogP contribution < -0.4 is 0 Å². The number of nitrogens with one attached hydrogen (secondary N) is 1. The number of aliphatic carboxylic acids is 1. The Kier molecular flexibility index (Phi) is 5.88. The van der Waals surface area contributed by atoms with E-state index in [1.807, 2.05) is 60.5 Å². The van der Waals surface area contributed by atoms with Gasteiger partial charge < -0.3 is 15.2 Å². The molecule has 0 amide bonds. The molecule has 0 radical (unpaired) electrons. The average Bonchev–Trinajstić information content (AvgIpc) is 3.37. The van der Waals surface area contributed by atoms with Crippen molar-refractivity contribution in [3.8, 4) is 16.8 Å². The van der Waals surface area contributed by atoms with Crippen molar-refractivity contribution in [3.63, 3.8) is 0 Å². The van der Waals surface area contributed by atoms with E-state index in [4.69, 9.17) is 9.90 Å². The van der Waals surface area contributed by atoms with Crippen LogP contribution in [0.15, 0.2) is 55.1 Å². The molecule has 3 heterocycles. The zero-order valence-electron chi connectivity index (χ0n) is 15.7. The molecule has 7 nitrogen and oxygen atoms in total. The number of rotatable bonds is 3. The predicted molar refractivity (Wildman–Crippen MR) is 103 cm³/mol. The van der Waals surface area contributed by atoms with E-state index in [1.165, 1.54) is 0 Å². The van der Waals surface area contributed by atoms with E-state index < -0.39 is 12.1 Å². The molecule has 0 spiro atoms. The van der Waals surface area contributed by atoms with Gasteiger partial charge in [0.2, 0.25) is 0 Å². The number of aryl methyl sites for hydroxylation is 1. The summed E-state index contributed by atoms with van der Waals surface area (Å²) in [6.45, 7) is 2.07. The Balaban J connectivity index is 0.000000318. The Morgan fingerprint density at radius 1 is 1.23 bits per heavy atom. The first-order valence-electron chi connectivity index (χ1n) is 8.68. The van der Waals surface area contributed by atoms with Gasteiger partial charge in [0.05, 0.1) is 18.5 Å². The van der Waals surface area contributed by atoms with E-state index >= 15 is 0 Å². The quantitative estimate of drug-likeness (QED) is 0.469. The van der Waals surface area contributed by atoms with Crippen LogP contribution in [0.5, 0.6) is 0 Å². The molecule has 0 saturated heterocycles. The molecule has 0 aliphatic rings. The summed E-state index contributed by atoms with van der Waals surface area (Å²) in [5, 5.41) is 21.9. The molecule has 1 aromatic carbocycles. The highest BCUT2D eigenvalue weighted by molar-refractivity contribution is 5.92. The molecule has 3 aromatic heterocycles. The van der Waals surface area contributed by atoms with Crippen LogP contribution in [0.1, 0.15) is 11.1 Å². The van der Waals surface area contributed by atoms with Crippen molar-refractivity contribution in [2.75, 3.05) is 0 Å². The second-order valence-corrected chi connectivity index (χ2v) is 6.35. The van der Waals surface area contributed by atoms with E-state index in [-0.39, 0.29) is 6.61 Å². The van der Waals surface area contributed by atoms with E-state index in [0.717, 1.165) is 39.0 Å². The summed E-state index contributed by atoms with van der Waals surface area (Å²) in [6, 6.07) is 9.90.